The summed E-state index contributed by atoms with van der Waals surface area (Å²) in [5, 5.41) is 13.3. The molecule has 0 spiro atoms. The van der Waals surface area contributed by atoms with E-state index in [9.17, 15) is 0 Å². The van der Waals surface area contributed by atoms with Crippen molar-refractivity contribution in [2.24, 2.45) is 5.10 Å². The maximum atomic E-state index is 4.43. The molecule has 2 rings (SSSR count). The summed E-state index contributed by atoms with van der Waals surface area (Å²) in [4.78, 5) is 0. The second-order valence-corrected chi connectivity index (χ2v) is 5.39. The van der Waals surface area contributed by atoms with Gasteiger partial charge in [-0.1, -0.05) is 49.9 Å². The van der Waals surface area contributed by atoms with Crippen LogP contribution in [-0.4, -0.2) is 27.3 Å². The summed E-state index contributed by atoms with van der Waals surface area (Å²) in [5.74, 6) is 1.34. The zero-order valence-corrected chi connectivity index (χ0v) is 12.5. The molecular weight excluding hydrogens is 256 g/mol. The molecule has 4 nitrogen and oxygen atoms in total. The Morgan fingerprint density at radius 2 is 1.89 bits per heavy atom. The molecule has 0 fully saturated rings. The van der Waals surface area contributed by atoms with E-state index in [2.05, 4.69) is 53.4 Å². The van der Waals surface area contributed by atoms with Gasteiger partial charge in [-0.05, 0) is 30.2 Å². The highest BCUT2D eigenvalue weighted by Crippen LogP contribution is 2.15. The zero-order chi connectivity index (χ0) is 13.8. The zero-order valence-electron chi connectivity index (χ0n) is 11.7. The lowest BCUT2D eigenvalue weighted by molar-refractivity contribution is 0.745. The van der Waals surface area contributed by atoms with Crippen molar-refractivity contribution in [3.8, 4) is 0 Å². The highest BCUT2D eigenvalue weighted by molar-refractivity contribution is 7.98. The van der Waals surface area contributed by atoms with Crippen molar-refractivity contribution in [3.63, 3.8) is 0 Å². The summed E-state index contributed by atoms with van der Waals surface area (Å²) in [6.07, 6.45) is 3.80. The third-order valence-corrected chi connectivity index (χ3v) is 3.50. The summed E-state index contributed by atoms with van der Waals surface area (Å²) < 4.78 is 1.75. The second-order valence-electron chi connectivity index (χ2n) is 4.61. The van der Waals surface area contributed by atoms with Crippen LogP contribution >= 0.6 is 11.8 Å². The van der Waals surface area contributed by atoms with E-state index < -0.39 is 0 Å². The Kier molecular flexibility index (Phi) is 4.37. The first-order valence-corrected chi connectivity index (χ1v) is 7.44. The minimum Gasteiger partial charge on any atom is -0.192 e. The molecule has 0 aliphatic heterocycles. The first-order valence-electron chi connectivity index (χ1n) is 6.22. The molecule has 0 amide bonds. The summed E-state index contributed by atoms with van der Waals surface area (Å²) in [5.41, 5.74) is 2.41. The van der Waals surface area contributed by atoms with Crippen LogP contribution in [0.1, 0.15) is 36.7 Å². The van der Waals surface area contributed by atoms with Crippen molar-refractivity contribution < 1.29 is 0 Å². The van der Waals surface area contributed by atoms with Gasteiger partial charge in [0.25, 0.3) is 0 Å². The van der Waals surface area contributed by atoms with E-state index >= 15 is 0 Å². The Morgan fingerprint density at radius 3 is 2.47 bits per heavy atom. The molecule has 0 bridgehead atoms. The fourth-order valence-corrected chi connectivity index (χ4v) is 2.16. The summed E-state index contributed by atoms with van der Waals surface area (Å²) in [7, 11) is 0. The normalized spacial score (nSPS) is 11.6. The number of hydrogen-bond acceptors (Lipinski definition) is 4. The minimum atomic E-state index is 0.550. The molecule has 1 aromatic heterocycles. The maximum Gasteiger partial charge on any atom is 0.211 e. The van der Waals surface area contributed by atoms with Crippen LogP contribution in [0.4, 0.5) is 0 Å². The number of benzene rings is 1. The van der Waals surface area contributed by atoms with Crippen LogP contribution in [0.15, 0.2) is 34.5 Å². The molecule has 2 aromatic rings. The third kappa shape index (κ3) is 3.23. The van der Waals surface area contributed by atoms with Crippen LogP contribution in [0.2, 0.25) is 0 Å². The fourth-order valence-electron chi connectivity index (χ4n) is 1.69. The lowest BCUT2D eigenvalue weighted by Crippen LogP contribution is -1.96. The molecule has 0 N–H and O–H groups in total. The van der Waals surface area contributed by atoms with Gasteiger partial charge in [0.1, 0.15) is 0 Å². The number of aryl methyl sites for hydroxylation is 1. The highest BCUT2D eigenvalue weighted by Gasteiger charge is 2.05. The number of thioether (sulfide) groups is 1. The monoisotopic (exact) mass is 274 g/mol. The fraction of sp³-hybridized carbons (Fsp3) is 0.357. The number of rotatable bonds is 4. The topological polar surface area (TPSA) is 43.1 Å². The number of hydrogen-bond donors (Lipinski definition) is 0. The Labute approximate surface area is 117 Å². The predicted octanol–water partition coefficient (Wildman–Crippen LogP) is 3.31. The van der Waals surface area contributed by atoms with Gasteiger partial charge in [0, 0.05) is 0 Å². The van der Waals surface area contributed by atoms with Crippen LogP contribution in [0, 0.1) is 6.92 Å². The van der Waals surface area contributed by atoms with Gasteiger partial charge in [-0.3, -0.25) is 0 Å². The van der Waals surface area contributed by atoms with E-state index in [4.69, 9.17) is 0 Å². The standard InChI is InChI=1S/C14H18N4S/c1-10(2)13-7-5-12(6-8-13)9-15-18-11(3)16-17-14(18)19-4/h5-10H,1-4H3/b15-9-. The van der Waals surface area contributed by atoms with Crippen LogP contribution in [0.5, 0.6) is 0 Å². The van der Waals surface area contributed by atoms with E-state index in [1.807, 2.05) is 19.4 Å². The molecule has 19 heavy (non-hydrogen) atoms. The van der Waals surface area contributed by atoms with Crippen molar-refractivity contribution in [1.29, 1.82) is 0 Å². The average molecular weight is 274 g/mol. The van der Waals surface area contributed by atoms with Crippen molar-refractivity contribution in [1.82, 2.24) is 14.9 Å². The van der Waals surface area contributed by atoms with Crippen molar-refractivity contribution in [2.45, 2.75) is 31.8 Å². The Morgan fingerprint density at radius 1 is 1.21 bits per heavy atom. The van der Waals surface area contributed by atoms with Gasteiger partial charge in [0.2, 0.25) is 5.16 Å². The Balaban J connectivity index is 2.20. The third-order valence-electron chi connectivity index (χ3n) is 2.88. The van der Waals surface area contributed by atoms with Crippen LogP contribution < -0.4 is 0 Å². The van der Waals surface area contributed by atoms with Crippen molar-refractivity contribution in [3.05, 3.63) is 41.2 Å². The van der Waals surface area contributed by atoms with Crippen molar-refractivity contribution >= 4 is 18.0 Å². The predicted molar refractivity (Wildman–Crippen MR) is 80.1 cm³/mol. The minimum absolute atomic E-state index is 0.550. The molecular formula is C14H18N4S. The summed E-state index contributed by atoms with van der Waals surface area (Å²) in [6.45, 7) is 6.27. The van der Waals surface area contributed by atoms with Gasteiger partial charge in [-0.15, -0.1) is 10.2 Å². The largest absolute Gasteiger partial charge is 0.211 e. The van der Waals surface area contributed by atoms with Crippen LogP contribution in [0.3, 0.4) is 0 Å². The lowest BCUT2D eigenvalue weighted by Gasteiger charge is -2.04. The van der Waals surface area contributed by atoms with E-state index in [0.29, 0.717) is 5.92 Å². The molecule has 1 aromatic carbocycles. The van der Waals surface area contributed by atoms with E-state index in [1.54, 1.807) is 4.68 Å². The highest BCUT2D eigenvalue weighted by atomic mass is 32.2. The molecule has 0 saturated heterocycles. The lowest BCUT2D eigenvalue weighted by atomic mass is 10.0. The van der Waals surface area contributed by atoms with Gasteiger partial charge in [-0.25, -0.2) is 0 Å². The summed E-state index contributed by atoms with van der Waals surface area (Å²) >= 11 is 1.53. The van der Waals surface area contributed by atoms with Crippen molar-refractivity contribution in [2.75, 3.05) is 6.26 Å². The van der Waals surface area contributed by atoms with E-state index in [0.717, 1.165) is 16.5 Å². The maximum absolute atomic E-state index is 4.43. The molecule has 0 unspecified atom stereocenters. The molecule has 0 aliphatic rings. The molecule has 0 aliphatic carbocycles. The molecule has 0 saturated carbocycles. The quantitative estimate of drug-likeness (QED) is 0.634. The van der Waals surface area contributed by atoms with Crippen LogP contribution in [0.25, 0.3) is 0 Å². The van der Waals surface area contributed by atoms with Gasteiger partial charge in [0.05, 0.1) is 6.21 Å². The van der Waals surface area contributed by atoms with Crippen LogP contribution in [-0.2, 0) is 0 Å². The number of aromatic nitrogens is 3. The summed E-state index contributed by atoms with van der Waals surface area (Å²) in [6, 6.07) is 8.44. The van der Waals surface area contributed by atoms with Gasteiger partial charge < -0.3 is 0 Å². The van der Waals surface area contributed by atoms with Gasteiger partial charge in [-0.2, -0.15) is 9.78 Å². The first kappa shape index (κ1) is 13.8. The van der Waals surface area contributed by atoms with Gasteiger partial charge >= 0.3 is 0 Å². The SMILES string of the molecule is CSc1nnc(C)n1/N=C\c1ccc(C(C)C)cc1. The molecule has 0 radical (unpaired) electrons. The average Bonchev–Trinajstić information content (AvgIpc) is 2.77. The first-order chi connectivity index (χ1) is 9.11. The van der Waals surface area contributed by atoms with E-state index in [-0.39, 0.29) is 0 Å². The van der Waals surface area contributed by atoms with Gasteiger partial charge in [0.15, 0.2) is 5.82 Å². The Bertz CT molecular complexity index is 570. The molecule has 0 atom stereocenters. The smallest absolute Gasteiger partial charge is 0.192 e. The molecule has 1 heterocycles. The molecule has 100 valence electrons. The Hall–Kier alpha value is -1.62. The second kappa shape index (κ2) is 6.02. The molecule has 5 heteroatoms. The number of nitrogens with zero attached hydrogens (tertiary/aromatic N) is 4. The van der Waals surface area contributed by atoms with E-state index in [1.165, 1.54) is 17.3 Å².